The number of benzene rings is 2. The summed E-state index contributed by atoms with van der Waals surface area (Å²) in [5.41, 5.74) is 3.83. The second-order valence-electron chi connectivity index (χ2n) is 8.42. The quantitative estimate of drug-likeness (QED) is 0.459. The maximum Gasteiger partial charge on any atom is 0.166 e. The average molecular weight is 381 g/mol. The summed E-state index contributed by atoms with van der Waals surface area (Å²) in [6.07, 6.45) is 9.30. The predicted octanol–water partition coefficient (Wildman–Crippen LogP) is 8.15. The highest BCUT2D eigenvalue weighted by molar-refractivity contribution is 5.67. The van der Waals surface area contributed by atoms with Crippen LogP contribution in [0.5, 0.6) is 0 Å². The van der Waals surface area contributed by atoms with Gasteiger partial charge in [-0.1, -0.05) is 74.5 Å². The average Bonchev–Trinajstić information content (AvgIpc) is 2.69. The predicted molar refractivity (Wildman–Crippen MR) is 115 cm³/mol. The second kappa shape index (κ2) is 8.86. The van der Waals surface area contributed by atoms with Gasteiger partial charge < -0.3 is 0 Å². The van der Waals surface area contributed by atoms with E-state index in [1.165, 1.54) is 31.3 Å². The molecule has 0 N–H and O–H groups in total. The zero-order valence-corrected chi connectivity index (χ0v) is 17.1. The van der Waals surface area contributed by atoms with Gasteiger partial charge in [0, 0.05) is 5.56 Å². The van der Waals surface area contributed by atoms with Crippen molar-refractivity contribution >= 4 is 6.08 Å². The van der Waals surface area contributed by atoms with Gasteiger partial charge in [-0.15, -0.1) is 0 Å². The van der Waals surface area contributed by atoms with Crippen molar-refractivity contribution in [1.82, 2.24) is 0 Å². The standard InChI is InChI=1S/C26H30F2/c1-17(2)21-11-7-19(8-12-21)5-6-20-9-13-22(14-10-20)24-16-15-23(18(3)4)25(27)26(24)28/h5-6,9-10,13-16,18-19,21H,1,7-8,11-12H2,2-4H3. The summed E-state index contributed by atoms with van der Waals surface area (Å²) in [6.45, 7) is 9.95. The van der Waals surface area contributed by atoms with Crippen molar-refractivity contribution in [2.75, 3.05) is 0 Å². The summed E-state index contributed by atoms with van der Waals surface area (Å²) >= 11 is 0. The van der Waals surface area contributed by atoms with Crippen LogP contribution in [0.2, 0.25) is 0 Å². The first kappa shape index (κ1) is 20.5. The first-order valence-electron chi connectivity index (χ1n) is 10.3. The number of hydrogen-bond acceptors (Lipinski definition) is 0. The zero-order valence-electron chi connectivity index (χ0n) is 17.1. The zero-order chi connectivity index (χ0) is 20.3. The fourth-order valence-corrected chi connectivity index (χ4v) is 4.06. The lowest BCUT2D eigenvalue weighted by Gasteiger charge is -2.26. The molecule has 0 spiro atoms. The molecule has 0 aromatic heterocycles. The van der Waals surface area contributed by atoms with E-state index in [9.17, 15) is 8.78 Å². The number of halogens is 2. The van der Waals surface area contributed by atoms with E-state index < -0.39 is 11.6 Å². The van der Waals surface area contributed by atoms with Crippen LogP contribution in [0.25, 0.3) is 17.2 Å². The highest BCUT2D eigenvalue weighted by atomic mass is 19.2. The Morgan fingerprint density at radius 3 is 2.18 bits per heavy atom. The minimum atomic E-state index is -0.760. The van der Waals surface area contributed by atoms with Crippen LogP contribution in [0.3, 0.4) is 0 Å². The van der Waals surface area contributed by atoms with Gasteiger partial charge in [0.25, 0.3) is 0 Å². The SMILES string of the molecule is C=C(C)C1CCC(C=Cc2ccc(-c3ccc(C(C)C)c(F)c3F)cc2)CC1. The molecule has 0 amide bonds. The second-order valence-corrected chi connectivity index (χ2v) is 8.42. The molecule has 3 rings (SSSR count). The van der Waals surface area contributed by atoms with Crippen molar-refractivity contribution in [3.8, 4) is 11.1 Å². The Labute approximate surface area is 168 Å². The fraction of sp³-hybridized carbons (Fsp3) is 0.385. The summed E-state index contributed by atoms with van der Waals surface area (Å²) in [5.74, 6) is -0.237. The van der Waals surface area contributed by atoms with E-state index in [1.54, 1.807) is 12.1 Å². The Hall–Kier alpha value is -2.22. The molecule has 1 saturated carbocycles. The number of hydrogen-bond donors (Lipinski definition) is 0. The normalized spacial score (nSPS) is 20.1. The summed E-state index contributed by atoms with van der Waals surface area (Å²) < 4.78 is 28.8. The van der Waals surface area contributed by atoms with Gasteiger partial charge in [0.05, 0.1) is 0 Å². The Kier molecular flexibility index (Phi) is 6.49. The Morgan fingerprint density at radius 1 is 0.964 bits per heavy atom. The highest BCUT2D eigenvalue weighted by Crippen LogP contribution is 2.34. The molecular formula is C26H30F2. The molecule has 2 aromatic rings. The third-order valence-corrected chi connectivity index (χ3v) is 5.99. The summed E-state index contributed by atoms with van der Waals surface area (Å²) in [7, 11) is 0. The van der Waals surface area contributed by atoms with Gasteiger partial charge in [0.1, 0.15) is 0 Å². The van der Waals surface area contributed by atoms with E-state index in [-0.39, 0.29) is 5.92 Å². The molecule has 0 aliphatic heterocycles. The molecule has 148 valence electrons. The highest BCUT2D eigenvalue weighted by Gasteiger charge is 2.19. The molecular weight excluding hydrogens is 350 g/mol. The van der Waals surface area contributed by atoms with Gasteiger partial charge in [-0.3, -0.25) is 0 Å². The third-order valence-electron chi connectivity index (χ3n) is 5.99. The molecule has 0 heterocycles. The Balaban J connectivity index is 1.69. The summed E-state index contributed by atoms with van der Waals surface area (Å²) in [4.78, 5) is 0. The lowest BCUT2D eigenvalue weighted by Crippen LogP contribution is -2.13. The van der Waals surface area contributed by atoms with Crippen molar-refractivity contribution in [3.63, 3.8) is 0 Å². The van der Waals surface area contributed by atoms with Crippen LogP contribution in [-0.4, -0.2) is 0 Å². The molecule has 0 unspecified atom stereocenters. The Bertz CT molecular complexity index is 851. The minimum Gasteiger partial charge on any atom is -0.203 e. The number of rotatable bonds is 5. The molecule has 1 aliphatic rings. The molecule has 1 aliphatic carbocycles. The summed E-state index contributed by atoms with van der Waals surface area (Å²) in [5, 5.41) is 0. The van der Waals surface area contributed by atoms with Crippen LogP contribution < -0.4 is 0 Å². The molecule has 0 nitrogen and oxygen atoms in total. The summed E-state index contributed by atoms with van der Waals surface area (Å²) in [6, 6.07) is 11.0. The van der Waals surface area contributed by atoms with Crippen LogP contribution in [0.15, 0.2) is 54.6 Å². The van der Waals surface area contributed by atoms with Gasteiger partial charge in [-0.2, -0.15) is 0 Å². The van der Waals surface area contributed by atoms with Crippen LogP contribution in [0.4, 0.5) is 8.78 Å². The van der Waals surface area contributed by atoms with Crippen molar-refractivity contribution in [2.45, 2.75) is 52.4 Å². The maximum atomic E-state index is 14.5. The molecule has 0 saturated heterocycles. The van der Waals surface area contributed by atoms with Crippen molar-refractivity contribution < 1.29 is 8.78 Å². The third kappa shape index (κ3) is 4.60. The smallest absolute Gasteiger partial charge is 0.166 e. The fourth-order valence-electron chi connectivity index (χ4n) is 4.06. The van der Waals surface area contributed by atoms with Crippen molar-refractivity contribution in [1.29, 1.82) is 0 Å². The first-order chi connectivity index (χ1) is 13.4. The van der Waals surface area contributed by atoms with Crippen LogP contribution >= 0.6 is 0 Å². The van der Waals surface area contributed by atoms with E-state index in [2.05, 4.69) is 25.7 Å². The van der Waals surface area contributed by atoms with Crippen LogP contribution in [0, 0.1) is 23.5 Å². The van der Waals surface area contributed by atoms with E-state index >= 15 is 0 Å². The lowest BCUT2D eigenvalue weighted by atomic mass is 9.79. The first-order valence-corrected chi connectivity index (χ1v) is 10.3. The topological polar surface area (TPSA) is 0 Å². The number of allylic oxidation sites excluding steroid dienone is 2. The molecule has 1 fully saturated rings. The van der Waals surface area contributed by atoms with Crippen LogP contribution in [-0.2, 0) is 0 Å². The van der Waals surface area contributed by atoms with E-state index in [0.717, 1.165) is 5.56 Å². The Morgan fingerprint density at radius 2 is 1.61 bits per heavy atom. The van der Waals surface area contributed by atoms with Gasteiger partial charge in [-0.05, 0) is 67.1 Å². The monoisotopic (exact) mass is 380 g/mol. The largest absolute Gasteiger partial charge is 0.203 e. The molecule has 0 radical (unpaired) electrons. The van der Waals surface area contributed by atoms with E-state index in [4.69, 9.17) is 0 Å². The molecule has 28 heavy (non-hydrogen) atoms. The van der Waals surface area contributed by atoms with Gasteiger partial charge in [0.2, 0.25) is 0 Å². The van der Waals surface area contributed by atoms with Crippen LogP contribution in [0.1, 0.15) is 63.5 Å². The van der Waals surface area contributed by atoms with Gasteiger partial charge >= 0.3 is 0 Å². The molecule has 2 aromatic carbocycles. The maximum absolute atomic E-state index is 14.5. The molecule has 2 heteroatoms. The van der Waals surface area contributed by atoms with Crippen molar-refractivity contribution in [2.24, 2.45) is 11.8 Å². The van der Waals surface area contributed by atoms with Gasteiger partial charge in [0.15, 0.2) is 11.6 Å². The van der Waals surface area contributed by atoms with Gasteiger partial charge in [-0.25, -0.2) is 8.78 Å². The minimum absolute atomic E-state index is 0.0403. The molecule has 0 atom stereocenters. The lowest BCUT2D eigenvalue weighted by molar-refractivity contribution is 0.346. The van der Waals surface area contributed by atoms with E-state index in [1.807, 2.05) is 38.1 Å². The molecule has 0 bridgehead atoms. The van der Waals surface area contributed by atoms with E-state index in [0.29, 0.717) is 28.5 Å². The van der Waals surface area contributed by atoms with Crippen molar-refractivity contribution in [3.05, 3.63) is 77.4 Å².